The van der Waals surface area contributed by atoms with Gasteiger partial charge in [-0.3, -0.25) is 19.9 Å². The van der Waals surface area contributed by atoms with Gasteiger partial charge in [0.25, 0.3) is 11.8 Å². The third-order valence-corrected chi connectivity index (χ3v) is 7.91. The third kappa shape index (κ3) is 6.52. The zero-order valence-corrected chi connectivity index (χ0v) is 23.8. The predicted molar refractivity (Wildman–Crippen MR) is 168 cm³/mol. The second-order valence-electron chi connectivity index (χ2n) is 10.8. The summed E-state index contributed by atoms with van der Waals surface area (Å²) in [4.78, 5) is 38.3. The van der Waals surface area contributed by atoms with Gasteiger partial charge in [-0.25, -0.2) is 4.98 Å². The Kier molecular flexibility index (Phi) is 8.06. The zero-order chi connectivity index (χ0) is 29.6. The number of hydrogen-bond donors (Lipinski definition) is 4. The molecule has 0 saturated carbocycles. The van der Waals surface area contributed by atoms with Crippen LogP contribution in [0.3, 0.4) is 0 Å². The number of hydrogen-bond acceptors (Lipinski definition) is 7. The van der Waals surface area contributed by atoms with Crippen molar-refractivity contribution in [3.05, 3.63) is 120 Å². The second kappa shape index (κ2) is 12.4. The Morgan fingerprint density at radius 3 is 2.37 bits per heavy atom. The molecular weight excluding hydrogens is 540 g/mol. The van der Waals surface area contributed by atoms with E-state index in [0.29, 0.717) is 55.1 Å². The van der Waals surface area contributed by atoms with Crippen LogP contribution in [0.1, 0.15) is 28.8 Å². The fraction of sp³-hybridized carbons (Fsp3) is 0.206. The van der Waals surface area contributed by atoms with Crippen LogP contribution in [-0.2, 0) is 16.1 Å². The number of nitrogens with zero attached hydrogens (tertiary/aromatic N) is 2. The monoisotopic (exact) mass is 574 g/mol. The average molecular weight is 575 g/mol. The molecule has 43 heavy (non-hydrogen) atoms. The molecule has 1 saturated heterocycles. The molecule has 6 rings (SSSR count). The van der Waals surface area contributed by atoms with E-state index >= 15 is 0 Å². The Morgan fingerprint density at radius 1 is 0.907 bits per heavy atom. The number of piperidine rings is 1. The molecule has 5 N–H and O–H groups in total. The SMILES string of the molecule is Nc1ccc(-c2ccccc2)cc1NC(=O)c1ccc(N2CCC3(C=C(C(=O)NCCc4ccccc4)NO3)CC2)nc1. The fourth-order valence-electron chi connectivity index (χ4n) is 5.39. The lowest BCUT2D eigenvalue weighted by molar-refractivity contribution is -0.119. The summed E-state index contributed by atoms with van der Waals surface area (Å²) in [5.41, 5.74) is 13.6. The Bertz CT molecular complexity index is 1620. The summed E-state index contributed by atoms with van der Waals surface area (Å²) in [6.07, 6.45) is 5.65. The summed E-state index contributed by atoms with van der Waals surface area (Å²) in [5, 5.41) is 5.89. The average Bonchev–Trinajstić information content (AvgIpc) is 3.47. The number of pyridine rings is 1. The number of aromatic nitrogens is 1. The van der Waals surface area contributed by atoms with E-state index in [1.54, 1.807) is 18.3 Å². The minimum absolute atomic E-state index is 0.167. The summed E-state index contributed by atoms with van der Waals surface area (Å²) in [6.45, 7) is 1.95. The maximum atomic E-state index is 13.0. The van der Waals surface area contributed by atoms with Gasteiger partial charge < -0.3 is 21.3 Å². The first-order valence-electron chi connectivity index (χ1n) is 14.4. The molecule has 0 atom stereocenters. The molecule has 2 aliphatic heterocycles. The molecule has 9 nitrogen and oxygen atoms in total. The number of nitrogens with one attached hydrogen (secondary N) is 3. The van der Waals surface area contributed by atoms with Crippen LogP contribution in [0.5, 0.6) is 0 Å². The number of carbonyl (C=O) groups excluding carboxylic acids is 2. The summed E-state index contributed by atoms with van der Waals surface area (Å²) < 4.78 is 0. The van der Waals surface area contributed by atoms with Crippen molar-refractivity contribution < 1.29 is 14.4 Å². The van der Waals surface area contributed by atoms with Gasteiger partial charge in [-0.05, 0) is 53.5 Å². The molecule has 0 aliphatic carbocycles. The van der Waals surface area contributed by atoms with Crippen molar-refractivity contribution in [3.8, 4) is 11.1 Å². The first kappa shape index (κ1) is 28.0. The van der Waals surface area contributed by atoms with Crippen LogP contribution in [0.25, 0.3) is 11.1 Å². The highest BCUT2D eigenvalue weighted by atomic mass is 16.7. The second-order valence-corrected chi connectivity index (χ2v) is 10.8. The lowest BCUT2D eigenvalue weighted by Gasteiger charge is -2.37. The topological polar surface area (TPSA) is 122 Å². The first-order valence-corrected chi connectivity index (χ1v) is 14.4. The predicted octanol–water partition coefficient (Wildman–Crippen LogP) is 4.70. The van der Waals surface area contributed by atoms with Gasteiger partial charge >= 0.3 is 0 Å². The molecular formula is C34H34N6O3. The zero-order valence-electron chi connectivity index (χ0n) is 23.8. The number of carbonyl (C=O) groups is 2. The van der Waals surface area contributed by atoms with Crippen molar-refractivity contribution in [3.63, 3.8) is 0 Å². The molecule has 1 spiro atoms. The van der Waals surface area contributed by atoms with Crippen molar-refractivity contribution in [1.29, 1.82) is 0 Å². The summed E-state index contributed by atoms with van der Waals surface area (Å²) >= 11 is 0. The molecule has 0 radical (unpaired) electrons. The van der Waals surface area contributed by atoms with Crippen LogP contribution in [0.15, 0.2) is 109 Å². The minimum atomic E-state index is -0.531. The number of amides is 2. The van der Waals surface area contributed by atoms with Gasteiger partial charge in [0.1, 0.15) is 17.1 Å². The molecule has 3 aromatic carbocycles. The van der Waals surface area contributed by atoms with Gasteiger partial charge in [0.15, 0.2) is 0 Å². The largest absolute Gasteiger partial charge is 0.397 e. The highest BCUT2D eigenvalue weighted by molar-refractivity contribution is 6.06. The molecule has 1 fully saturated rings. The summed E-state index contributed by atoms with van der Waals surface area (Å²) in [6, 6.07) is 29.2. The third-order valence-electron chi connectivity index (χ3n) is 7.91. The highest BCUT2D eigenvalue weighted by Crippen LogP contribution is 2.33. The van der Waals surface area contributed by atoms with Gasteiger partial charge in [0.2, 0.25) is 0 Å². The van der Waals surface area contributed by atoms with Crippen molar-refractivity contribution >= 4 is 29.0 Å². The van der Waals surface area contributed by atoms with Crippen LogP contribution in [0.2, 0.25) is 0 Å². The maximum absolute atomic E-state index is 13.0. The van der Waals surface area contributed by atoms with Gasteiger partial charge in [-0.15, -0.1) is 0 Å². The van der Waals surface area contributed by atoms with Crippen LogP contribution in [0.4, 0.5) is 17.2 Å². The van der Waals surface area contributed by atoms with Crippen LogP contribution in [0, 0.1) is 0 Å². The van der Waals surface area contributed by atoms with E-state index in [9.17, 15) is 9.59 Å². The fourth-order valence-corrected chi connectivity index (χ4v) is 5.39. The van der Waals surface area contributed by atoms with Crippen LogP contribution < -0.4 is 26.7 Å². The number of benzene rings is 3. The van der Waals surface area contributed by atoms with E-state index in [0.717, 1.165) is 23.4 Å². The lowest BCUT2D eigenvalue weighted by Crippen LogP contribution is -2.44. The van der Waals surface area contributed by atoms with Gasteiger partial charge in [-0.2, -0.15) is 0 Å². The Labute approximate surface area is 250 Å². The normalized spacial score (nSPS) is 15.4. The number of rotatable bonds is 8. The lowest BCUT2D eigenvalue weighted by atomic mass is 9.91. The van der Waals surface area contributed by atoms with Crippen LogP contribution >= 0.6 is 0 Å². The molecule has 4 aromatic rings. The van der Waals surface area contributed by atoms with E-state index in [-0.39, 0.29) is 11.8 Å². The van der Waals surface area contributed by atoms with E-state index in [1.165, 1.54) is 5.56 Å². The molecule has 2 aliphatic rings. The molecule has 2 amide bonds. The van der Waals surface area contributed by atoms with E-state index in [4.69, 9.17) is 10.6 Å². The number of anilines is 3. The van der Waals surface area contributed by atoms with Crippen molar-refractivity contribution in [2.24, 2.45) is 0 Å². The highest BCUT2D eigenvalue weighted by Gasteiger charge is 2.40. The van der Waals surface area contributed by atoms with Crippen LogP contribution in [-0.4, -0.2) is 42.0 Å². The molecule has 0 bridgehead atoms. The van der Waals surface area contributed by atoms with Crippen molar-refractivity contribution in [2.45, 2.75) is 24.9 Å². The molecule has 1 aromatic heterocycles. The van der Waals surface area contributed by atoms with Crippen molar-refractivity contribution in [1.82, 2.24) is 15.8 Å². The maximum Gasteiger partial charge on any atom is 0.269 e. The molecule has 0 unspecified atom stereocenters. The van der Waals surface area contributed by atoms with Gasteiger partial charge in [0, 0.05) is 38.7 Å². The number of nitrogens with two attached hydrogens (primary N) is 1. The molecule has 3 heterocycles. The van der Waals surface area contributed by atoms with E-state index in [1.807, 2.05) is 84.9 Å². The van der Waals surface area contributed by atoms with E-state index in [2.05, 4.69) is 26.0 Å². The smallest absolute Gasteiger partial charge is 0.269 e. The molecule has 9 heteroatoms. The standard InChI is InChI=1S/C34H34N6O3/c35-28-13-11-26(25-9-5-2-6-10-25)21-29(28)38-32(41)27-12-14-31(37-23-27)40-19-16-34(17-20-40)22-30(39-43-34)33(42)36-18-15-24-7-3-1-4-8-24/h1-14,21-23,39H,15-20,35H2,(H,36,42)(H,38,41). The number of hydroxylamine groups is 1. The van der Waals surface area contributed by atoms with Crippen molar-refractivity contribution in [2.75, 3.05) is 35.6 Å². The Morgan fingerprint density at radius 2 is 1.65 bits per heavy atom. The quantitative estimate of drug-likeness (QED) is 0.225. The van der Waals surface area contributed by atoms with E-state index < -0.39 is 5.60 Å². The molecule has 218 valence electrons. The Balaban J connectivity index is 1.02. The first-order chi connectivity index (χ1) is 21.0. The Hall–Kier alpha value is -5.15. The van der Waals surface area contributed by atoms with Gasteiger partial charge in [-0.1, -0.05) is 66.7 Å². The summed E-state index contributed by atoms with van der Waals surface area (Å²) in [5.74, 6) is 0.337. The van der Waals surface area contributed by atoms with Gasteiger partial charge in [0.05, 0.1) is 16.9 Å². The minimum Gasteiger partial charge on any atom is -0.397 e. The number of nitrogen functional groups attached to an aromatic ring is 1. The summed E-state index contributed by atoms with van der Waals surface area (Å²) in [7, 11) is 0.